The van der Waals surface area contributed by atoms with Gasteiger partial charge in [-0.05, 0) is 75.2 Å². The van der Waals surface area contributed by atoms with Gasteiger partial charge in [-0.25, -0.2) is 0 Å². The molecule has 6 nitrogen and oxygen atoms in total. The minimum absolute atomic E-state index is 0.181. The summed E-state index contributed by atoms with van der Waals surface area (Å²) in [6.07, 6.45) is -1.28. The van der Waals surface area contributed by atoms with Gasteiger partial charge in [0.05, 0.1) is 0 Å². The molecule has 4 N–H and O–H groups in total. The van der Waals surface area contributed by atoms with Crippen LogP contribution in [0.15, 0.2) is 60.7 Å². The van der Waals surface area contributed by atoms with E-state index in [0.717, 1.165) is 22.5 Å². The molecule has 0 saturated heterocycles. The molecular formula is C28H36N2O4. The zero-order chi connectivity index (χ0) is 24.5. The number of hydrogen-bond donors (Lipinski definition) is 4. The Hall–Kier alpha value is -3.22. The van der Waals surface area contributed by atoms with Crippen LogP contribution >= 0.6 is 0 Å². The molecule has 34 heavy (non-hydrogen) atoms. The van der Waals surface area contributed by atoms with Gasteiger partial charge in [0.2, 0.25) is 0 Å². The van der Waals surface area contributed by atoms with Crippen LogP contribution in [0.1, 0.15) is 22.3 Å². The number of nitrogens with one attached hydrogen (secondary N) is 2. The van der Waals surface area contributed by atoms with Crippen molar-refractivity contribution >= 4 is 11.4 Å². The lowest BCUT2D eigenvalue weighted by molar-refractivity contribution is 0.115. The average molecular weight is 465 g/mol. The molecule has 6 heteroatoms. The predicted octanol–water partition coefficient (Wildman–Crippen LogP) is 4.62. The maximum atomic E-state index is 10.2. The smallest absolute Gasteiger partial charge is 0.119 e. The largest absolute Gasteiger partial charge is 0.491 e. The molecule has 0 aliphatic rings. The van der Waals surface area contributed by atoms with Crippen molar-refractivity contribution in [3.63, 3.8) is 0 Å². The van der Waals surface area contributed by atoms with E-state index < -0.39 is 12.2 Å². The normalized spacial score (nSPS) is 12.6. The Morgan fingerprint density at radius 3 is 1.35 bits per heavy atom. The summed E-state index contributed by atoms with van der Waals surface area (Å²) in [6.45, 7) is 9.37. The third kappa shape index (κ3) is 7.97. The summed E-state index contributed by atoms with van der Waals surface area (Å²) < 4.78 is 11.4. The Kier molecular flexibility index (Phi) is 9.19. The number of aryl methyl sites for hydroxylation is 4. The molecule has 0 unspecified atom stereocenters. The standard InChI is InChI=1S/C28H36N2O4/c1-19-5-11-27(21(3)13-19)29-15-23(31)17-33-25-7-9-26(10-8-25)34-18-24(32)16-30-28-12-6-20(2)14-22(28)4/h5-14,23-24,29-32H,15-18H2,1-4H3/t23-,24+. The lowest BCUT2D eigenvalue weighted by atomic mass is 10.1. The fourth-order valence-corrected chi connectivity index (χ4v) is 3.61. The first-order chi connectivity index (χ1) is 16.3. The maximum absolute atomic E-state index is 10.2. The van der Waals surface area contributed by atoms with Crippen LogP contribution in [0.5, 0.6) is 11.5 Å². The minimum atomic E-state index is -0.642. The quantitative estimate of drug-likeness (QED) is 0.313. The van der Waals surface area contributed by atoms with Gasteiger partial charge in [0.15, 0.2) is 0 Å². The zero-order valence-electron chi connectivity index (χ0n) is 20.5. The highest BCUT2D eigenvalue weighted by Gasteiger charge is 2.09. The summed E-state index contributed by atoms with van der Waals surface area (Å²) in [5, 5.41) is 27.0. The monoisotopic (exact) mass is 464 g/mol. The second kappa shape index (κ2) is 12.3. The third-order valence-electron chi connectivity index (χ3n) is 5.53. The second-order valence-electron chi connectivity index (χ2n) is 8.80. The van der Waals surface area contributed by atoms with E-state index in [2.05, 4.69) is 36.6 Å². The van der Waals surface area contributed by atoms with E-state index in [1.807, 2.05) is 38.1 Å². The van der Waals surface area contributed by atoms with Gasteiger partial charge in [0, 0.05) is 24.5 Å². The summed E-state index contributed by atoms with van der Waals surface area (Å²) in [6, 6.07) is 19.5. The number of anilines is 2. The Morgan fingerprint density at radius 1 is 0.618 bits per heavy atom. The average Bonchev–Trinajstić information content (AvgIpc) is 2.81. The van der Waals surface area contributed by atoms with Gasteiger partial charge in [-0.2, -0.15) is 0 Å². The molecular weight excluding hydrogens is 428 g/mol. The highest BCUT2D eigenvalue weighted by molar-refractivity contribution is 5.52. The Morgan fingerprint density at radius 2 is 1.00 bits per heavy atom. The Labute approximate surface area is 202 Å². The molecule has 0 spiro atoms. The van der Waals surface area contributed by atoms with Gasteiger partial charge in [-0.1, -0.05) is 35.4 Å². The van der Waals surface area contributed by atoms with Crippen molar-refractivity contribution in [3.8, 4) is 11.5 Å². The van der Waals surface area contributed by atoms with Gasteiger partial charge in [0.25, 0.3) is 0 Å². The molecule has 3 rings (SSSR count). The molecule has 0 aliphatic heterocycles. The summed E-state index contributed by atoms with van der Waals surface area (Å²) in [5.41, 5.74) is 6.74. The minimum Gasteiger partial charge on any atom is -0.491 e. The second-order valence-corrected chi connectivity index (χ2v) is 8.80. The highest BCUT2D eigenvalue weighted by atomic mass is 16.5. The fourth-order valence-electron chi connectivity index (χ4n) is 3.61. The van der Waals surface area contributed by atoms with E-state index >= 15 is 0 Å². The molecule has 0 heterocycles. The molecule has 3 aromatic rings. The van der Waals surface area contributed by atoms with Gasteiger partial charge >= 0.3 is 0 Å². The number of rotatable bonds is 12. The molecule has 182 valence electrons. The van der Waals surface area contributed by atoms with Crippen molar-refractivity contribution < 1.29 is 19.7 Å². The SMILES string of the molecule is Cc1ccc(NC[C@@H](O)COc2ccc(OC[C@@H](O)CNc3ccc(C)cc3C)cc2)c(C)c1. The van der Waals surface area contributed by atoms with Gasteiger partial charge in [-0.3, -0.25) is 0 Å². The van der Waals surface area contributed by atoms with Gasteiger partial charge < -0.3 is 30.3 Å². The van der Waals surface area contributed by atoms with Crippen molar-refractivity contribution in [3.05, 3.63) is 82.9 Å². The maximum Gasteiger partial charge on any atom is 0.119 e. The number of benzene rings is 3. The van der Waals surface area contributed by atoms with E-state index in [9.17, 15) is 10.2 Å². The van der Waals surface area contributed by atoms with Gasteiger partial charge in [-0.15, -0.1) is 0 Å². The first-order valence-electron chi connectivity index (χ1n) is 11.6. The van der Waals surface area contributed by atoms with Crippen molar-refractivity contribution in [1.29, 1.82) is 0 Å². The first kappa shape index (κ1) is 25.4. The molecule has 0 amide bonds. The van der Waals surface area contributed by atoms with E-state index in [0.29, 0.717) is 24.6 Å². The van der Waals surface area contributed by atoms with E-state index in [-0.39, 0.29) is 13.2 Å². The van der Waals surface area contributed by atoms with E-state index in [1.165, 1.54) is 11.1 Å². The van der Waals surface area contributed by atoms with E-state index in [1.54, 1.807) is 24.3 Å². The Bertz CT molecular complexity index is 968. The van der Waals surface area contributed by atoms with Crippen LogP contribution in [-0.4, -0.2) is 48.7 Å². The van der Waals surface area contributed by atoms with Crippen LogP contribution in [0, 0.1) is 27.7 Å². The summed E-state index contributed by atoms with van der Waals surface area (Å²) >= 11 is 0. The van der Waals surface area contributed by atoms with Crippen LogP contribution < -0.4 is 20.1 Å². The first-order valence-corrected chi connectivity index (χ1v) is 11.6. The van der Waals surface area contributed by atoms with Crippen LogP contribution in [-0.2, 0) is 0 Å². The molecule has 3 aromatic carbocycles. The molecule has 0 radical (unpaired) electrons. The lowest BCUT2D eigenvalue weighted by Gasteiger charge is -2.17. The lowest BCUT2D eigenvalue weighted by Crippen LogP contribution is -2.26. The highest BCUT2D eigenvalue weighted by Crippen LogP contribution is 2.19. The van der Waals surface area contributed by atoms with Crippen LogP contribution in [0.25, 0.3) is 0 Å². The Balaban J connectivity index is 1.36. The molecule has 2 atom stereocenters. The predicted molar refractivity (Wildman–Crippen MR) is 138 cm³/mol. The van der Waals surface area contributed by atoms with Crippen molar-refractivity contribution in [1.82, 2.24) is 0 Å². The molecule has 0 fully saturated rings. The van der Waals surface area contributed by atoms with Crippen molar-refractivity contribution in [2.75, 3.05) is 36.9 Å². The van der Waals surface area contributed by atoms with Crippen LogP contribution in [0.2, 0.25) is 0 Å². The molecule has 0 bridgehead atoms. The summed E-state index contributed by atoms with van der Waals surface area (Å²) in [4.78, 5) is 0. The van der Waals surface area contributed by atoms with Crippen molar-refractivity contribution in [2.24, 2.45) is 0 Å². The number of hydrogen-bond acceptors (Lipinski definition) is 6. The van der Waals surface area contributed by atoms with Crippen molar-refractivity contribution in [2.45, 2.75) is 39.9 Å². The summed E-state index contributed by atoms with van der Waals surface area (Å²) in [5.74, 6) is 1.30. The van der Waals surface area contributed by atoms with E-state index in [4.69, 9.17) is 9.47 Å². The number of ether oxygens (including phenoxy) is 2. The van der Waals surface area contributed by atoms with Crippen LogP contribution in [0.3, 0.4) is 0 Å². The number of aliphatic hydroxyl groups excluding tert-OH is 2. The molecule has 0 aliphatic carbocycles. The zero-order valence-corrected chi connectivity index (χ0v) is 20.5. The molecule has 0 aromatic heterocycles. The topological polar surface area (TPSA) is 83.0 Å². The third-order valence-corrected chi connectivity index (χ3v) is 5.53. The summed E-state index contributed by atoms with van der Waals surface area (Å²) in [7, 11) is 0. The fraction of sp³-hybridized carbons (Fsp3) is 0.357. The van der Waals surface area contributed by atoms with Crippen LogP contribution in [0.4, 0.5) is 11.4 Å². The number of aliphatic hydroxyl groups is 2. The molecule has 0 saturated carbocycles. The van der Waals surface area contributed by atoms with Gasteiger partial charge in [0.1, 0.15) is 36.9 Å².